The molecule has 0 bridgehead atoms. The second-order valence-electron chi connectivity index (χ2n) is 4.86. The summed E-state index contributed by atoms with van der Waals surface area (Å²) in [6.07, 6.45) is 1.17. The molecule has 0 aliphatic carbocycles. The molecule has 2 aromatic carbocycles. The third-order valence-electron chi connectivity index (χ3n) is 3.09. The molecule has 2 rings (SSSR count). The van der Waals surface area contributed by atoms with Crippen molar-refractivity contribution >= 4 is 29.4 Å². The summed E-state index contributed by atoms with van der Waals surface area (Å²) in [5, 5.41) is 24.7. The molecule has 0 aliphatic rings. The number of hydrogen-bond acceptors (Lipinski definition) is 7. The van der Waals surface area contributed by atoms with Crippen molar-refractivity contribution in [3.63, 3.8) is 0 Å². The fourth-order valence-electron chi connectivity index (χ4n) is 1.90. The topological polar surface area (TPSA) is 123 Å². The van der Waals surface area contributed by atoms with Crippen LogP contribution in [0.4, 0.5) is 5.69 Å². The first kappa shape index (κ1) is 19.0. The van der Waals surface area contributed by atoms with Gasteiger partial charge >= 0.3 is 5.69 Å². The molecule has 26 heavy (non-hydrogen) atoms. The summed E-state index contributed by atoms with van der Waals surface area (Å²) in [4.78, 5) is 21.9. The average molecular weight is 380 g/mol. The zero-order valence-corrected chi connectivity index (χ0v) is 14.3. The van der Waals surface area contributed by atoms with Gasteiger partial charge < -0.3 is 14.6 Å². The largest absolute Gasteiger partial charge is 0.500 e. The molecule has 0 atom stereocenters. The zero-order valence-electron chi connectivity index (χ0n) is 13.5. The van der Waals surface area contributed by atoms with Crippen LogP contribution in [-0.2, 0) is 4.79 Å². The molecule has 0 fully saturated rings. The summed E-state index contributed by atoms with van der Waals surface area (Å²) in [6, 6.07) is 9.10. The number of halogens is 1. The number of carbonyl (C=O) groups excluding carboxylic acids is 1. The first-order chi connectivity index (χ1) is 12.4. The maximum Gasteiger partial charge on any atom is 0.315 e. The molecule has 0 aromatic heterocycles. The van der Waals surface area contributed by atoms with Crippen LogP contribution in [0.5, 0.6) is 17.2 Å². The highest BCUT2D eigenvalue weighted by Gasteiger charge is 2.19. The van der Waals surface area contributed by atoms with E-state index in [1.54, 1.807) is 24.3 Å². The van der Waals surface area contributed by atoms with Crippen LogP contribution in [0, 0.1) is 10.1 Å². The van der Waals surface area contributed by atoms with Gasteiger partial charge in [0.25, 0.3) is 5.91 Å². The number of nitrogens with one attached hydrogen (secondary N) is 1. The van der Waals surface area contributed by atoms with E-state index in [1.165, 1.54) is 19.4 Å². The molecule has 1 amide bonds. The van der Waals surface area contributed by atoms with Gasteiger partial charge in [-0.25, -0.2) is 5.43 Å². The number of benzene rings is 2. The number of para-hydroxylation sites is 1. The van der Waals surface area contributed by atoms with Crippen LogP contribution in [0.25, 0.3) is 0 Å². The third kappa shape index (κ3) is 4.84. The first-order valence-electron chi connectivity index (χ1n) is 7.17. The van der Waals surface area contributed by atoms with Crippen LogP contribution >= 0.6 is 11.6 Å². The Morgan fingerprint density at radius 2 is 2.12 bits per heavy atom. The Morgan fingerprint density at radius 1 is 1.38 bits per heavy atom. The van der Waals surface area contributed by atoms with E-state index < -0.39 is 22.3 Å². The van der Waals surface area contributed by atoms with Gasteiger partial charge in [0.1, 0.15) is 5.75 Å². The fraction of sp³-hybridized carbons (Fsp3) is 0.125. The van der Waals surface area contributed by atoms with Crippen LogP contribution in [-0.4, -0.2) is 35.9 Å². The number of nitrogens with zero attached hydrogens (tertiary/aromatic N) is 2. The number of rotatable bonds is 7. The molecular weight excluding hydrogens is 366 g/mol. The van der Waals surface area contributed by atoms with Crippen LogP contribution in [0.3, 0.4) is 0 Å². The van der Waals surface area contributed by atoms with Crippen molar-refractivity contribution in [1.82, 2.24) is 5.43 Å². The number of hydrogen-bond donors (Lipinski definition) is 2. The summed E-state index contributed by atoms with van der Waals surface area (Å²) >= 11 is 5.90. The number of aromatic hydroxyl groups is 1. The quantitative estimate of drug-likeness (QED) is 0.432. The minimum absolute atomic E-state index is 0.0889. The Morgan fingerprint density at radius 3 is 2.77 bits per heavy atom. The Balaban J connectivity index is 1.99. The number of ether oxygens (including phenoxy) is 2. The summed E-state index contributed by atoms with van der Waals surface area (Å²) in [7, 11) is 1.26. The molecule has 0 radical (unpaired) electrons. The number of nitro benzene ring substituents is 1. The number of carbonyl (C=O) groups is 1. The van der Waals surface area contributed by atoms with E-state index in [2.05, 4.69) is 10.5 Å². The maximum atomic E-state index is 11.7. The molecule has 136 valence electrons. The van der Waals surface area contributed by atoms with Crippen molar-refractivity contribution in [2.24, 2.45) is 5.10 Å². The number of methoxy groups -OCH3 is 1. The van der Waals surface area contributed by atoms with Gasteiger partial charge in [-0.2, -0.15) is 5.10 Å². The van der Waals surface area contributed by atoms with Crippen molar-refractivity contribution in [2.75, 3.05) is 13.7 Å². The lowest BCUT2D eigenvalue weighted by Crippen LogP contribution is -2.24. The first-order valence-corrected chi connectivity index (χ1v) is 7.54. The van der Waals surface area contributed by atoms with E-state index in [9.17, 15) is 20.0 Å². The molecule has 0 heterocycles. The van der Waals surface area contributed by atoms with Gasteiger partial charge in [0.2, 0.25) is 5.75 Å². The minimum Gasteiger partial charge on any atom is -0.500 e. The van der Waals surface area contributed by atoms with Crippen molar-refractivity contribution in [2.45, 2.75) is 0 Å². The van der Waals surface area contributed by atoms with Crippen molar-refractivity contribution in [3.8, 4) is 17.2 Å². The second kappa shape index (κ2) is 8.67. The lowest BCUT2D eigenvalue weighted by molar-refractivity contribution is -0.386. The van der Waals surface area contributed by atoms with Gasteiger partial charge in [0, 0.05) is 11.6 Å². The molecule has 2 aromatic rings. The smallest absolute Gasteiger partial charge is 0.315 e. The molecule has 9 nitrogen and oxygen atoms in total. The standard InChI is InChI=1S/C16H14ClN3O6/c1-25-14-7-10(6-12(16(14)22)20(23)24)8-18-19-15(21)9-26-13-5-3-2-4-11(13)17/h2-8,22H,9H2,1H3,(H,19,21)/b18-8-. The number of nitro groups is 1. The van der Waals surface area contributed by atoms with Gasteiger partial charge in [-0.05, 0) is 18.2 Å². The zero-order chi connectivity index (χ0) is 19.1. The number of amides is 1. The van der Waals surface area contributed by atoms with Crippen LogP contribution in [0.2, 0.25) is 5.02 Å². The van der Waals surface area contributed by atoms with Crippen LogP contribution < -0.4 is 14.9 Å². The fourth-order valence-corrected chi connectivity index (χ4v) is 2.09. The Labute approximate surface area is 153 Å². The van der Waals surface area contributed by atoms with Crippen molar-refractivity contribution in [1.29, 1.82) is 0 Å². The molecule has 0 unspecified atom stereocenters. The number of phenolic OH excluding ortho intramolecular Hbond substituents is 1. The summed E-state index contributed by atoms with van der Waals surface area (Å²) in [6.45, 7) is -0.319. The number of phenols is 1. The lowest BCUT2D eigenvalue weighted by atomic mass is 10.2. The van der Waals surface area contributed by atoms with Gasteiger partial charge in [-0.1, -0.05) is 23.7 Å². The summed E-state index contributed by atoms with van der Waals surface area (Å²) in [5.74, 6) is -0.880. The van der Waals surface area contributed by atoms with Gasteiger partial charge in [0.05, 0.1) is 23.3 Å². The highest BCUT2D eigenvalue weighted by molar-refractivity contribution is 6.32. The Bertz CT molecular complexity index is 856. The molecule has 0 saturated carbocycles. The predicted molar refractivity (Wildman–Crippen MR) is 94.0 cm³/mol. The third-order valence-corrected chi connectivity index (χ3v) is 3.40. The monoisotopic (exact) mass is 379 g/mol. The van der Waals surface area contributed by atoms with E-state index in [1.807, 2.05) is 0 Å². The maximum absolute atomic E-state index is 11.7. The predicted octanol–water partition coefficient (Wildman–Crippen LogP) is 2.49. The van der Waals surface area contributed by atoms with Crippen LogP contribution in [0.1, 0.15) is 5.56 Å². The highest BCUT2D eigenvalue weighted by atomic mass is 35.5. The van der Waals surface area contributed by atoms with E-state index in [0.717, 1.165) is 6.07 Å². The van der Waals surface area contributed by atoms with Crippen molar-refractivity contribution < 1.29 is 24.3 Å². The van der Waals surface area contributed by atoms with E-state index in [4.69, 9.17) is 21.1 Å². The molecule has 2 N–H and O–H groups in total. The molecule has 0 saturated heterocycles. The van der Waals surface area contributed by atoms with E-state index in [-0.39, 0.29) is 17.9 Å². The Hall–Kier alpha value is -3.33. The molecule has 10 heteroatoms. The average Bonchev–Trinajstić information content (AvgIpc) is 2.62. The highest BCUT2D eigenvalue weighted by Crippen LogP contribution is 2.36. The SMILES string of the molecule is COc1cc(/C=N\NC(=O)COc2ccccc2Cl)cc([N+](=O)[O-])c1O. The lowest BCUT2D eigenvalue weighted by Gasteiger charge is -2.06. The second-order valence-corrected chi connectivity index (χ2v) is 5.27. The van der Waals surface area contributed by atoms with E-state index >= 15 is 0 Å². The number of hydrazone groups is 1. The minimum atomic E-state index is -0.759. The molecule has 0 spiro atoms. The van der Waals surface area contributed by atoms with E-state index in [0.29, 0.717) is 10.8 Å². The van der Waals surface area contributed by atoms with Gasteiger partial charge in [-0.15, -0.1) is 0 Å². The summed E-state index contributed by atoms with van der Waals surface area (Å²) < 4.78 is 10.1. The van der Waals surface area contributed by atoms with Crippen LogP contribution in [0.15, 0.2) is 41.5 Å². The molecular formula is C16H14ClN3O6. The Kier molecular flexibility index (Phi) is 6.34. The van der Waals surface area contributed by atoms with Gasteiger partial charge in [0.15, 0.2) is 12.4 Å². The summed E-state index contributed by atoms with van der Waals surface area (Å²) in [5.41, 5.74) is 1.92. The normalized spacial score (nSPS) is 10.5. The molecule has 0 aliphatic heterocycles. The van der Waals surface area contributed by atoms with Crippen molar-refractivity contribution in [3.05, 3.63) is 57.1 Å². The van der Waals surface area contributed by atoms with Gasteiger partial charge in [-0.3, -0.25) is 14.9 Å².